The lowest BCUT2D eigenvalue weighted by Gasteiger charge is -2.18. The molecule has 0 fully saturated rings. The molecule has 0 aliphatic rings. The maximum absolute atomic E-state index is 11.0. The Morgan fingerprint density at radius 2 is 1.84 bits per heavy atom. The minimum Gasteiger partial charge on any atom is -0.550 e. The largest absolute Gasteiger partial charge is 0.550 e. The van der Waals surface area contributed by atoms with E-state index in [0.29, 0.717) is 0 Å². The third-order valence-corrected chi connectivity index (χ3v) is 3.59. The van der Waals surface area contributed by atoms with E-state index in [9.17, 15) is 10.1 Å². The van der Waals surface area contributed by atoms with Crippen molar-refractivity contribution in [1.29, 1.82) is 0 Å². The summed E-state index contributed by atoms with van der Waals surface area (Å²) >= 11 is 0. The van der Waals surface area contributed by atoms with E-state index < -0.39 is 14.4 Å². The average molecular weight is 279 g/mol. The summed E-state index contributed by atoms with van der Waals surface area (Å²) in [5.74, 6) is -0.271. The van der Waals surface area contributed by atoms with Gasteiger partial charge in [0.15, 0.2) is 0 Å². The molecule has 0 amide bonds. The van der Waals surface area contributed by atoms with Crippen LogP contribution in [0.4, 0.5) is 0 Å². The normalized spacial score (nSPS) is 15.2. The number of nitro groups is 1. The van der Waals surface area contributed by atoms with E-state index in [4.69, 9.17) is 4.43 Å². The Balaban J connectivity index is 2.91. The first kappa shape index (κ1) is 15.4. The predicted molar refractivity (Wildman–Crippen MR) is 79.2 cm³/mol. The van der Waals surface area contributed by atoms with E-state index in [-0.39, 0.29) is 10.8 Å². The molecule has 0 aliphatic carbocycles. The van der Waals surface area contributed by atoms with Crippen molar-refractivity contribution in [3.63, 3.8) is 0 Å². The Morgan fingerprint density at radius 3 is 2.32 bits per heavy atom. The molecule has 1 aromatic rings. The Kier molecular flexibility index (Phi) is 5.29. The van der Waals surface area contributed by atoms with Gasteiger partial charge >= 0.3 is 0 Å². The zero-order valence-corrected chi connectivity index (χ0v) is 12.9. The molecule has 104 valence electrons. The molecule has 0 saturated carbocycles. The summed E-state index contributed by atoms with van der Waals surface area (Å²) in [4.78, 5) is 10.8. The highest BCUT2D eigenvalue weighted by Crippen LogP contribution is 2.23. The van der Waals surface area contributed by atoms with Crippen LogP contribution in [0.1, 0.15) is 18.4 Å². The highest BCUT2D eigenvalue weighted by molar-refractivity contribution is 6.69. The number of nitrogens with zero attached hydrogens (tertiary/aromatic N) is 1. The average Bonchev–Trinajstić information content (AvgIpc) is 2.33. The molecule has 1 rings (SSSR count). The van der Waals surface area contributed by atoms with Crippen LogP contribution in [0.5, 0.6) is 0 Å². The fraction of sp³-hybridized carbons (Fsp3) is 0.429. The predicted octanol–water partition coefficient (Wildman–Crippen LogP) is 3.80. The van der Waals surface area contributed by atoms with E-state index in [0.717, 1.165) is 5.56 Å². The van der Waals surface area contributed by atoms with Gasteiger partial charge in [-0.2, -0.15) is 0 Å². The maximum Gasteiger partial charge on any atom is 0.241 e. The number of rotatable bonds is 6. The smallest absolute Gasteiger partial charge is 0.241 e. The first-order valence-corrected chi connectivity index (χ1v) is 9.75. The molecule has 0 radical (unpaired) electrons. The zero-order valence-electron chi connectivity index (χ0n) is 11.9. The lowest BCUT2D eigenvalue weighted by Crippen LogP contribution is -2.24. The van der Waals surface area contributed by atoms with Gasteiger partial charge < -0.3 is 4.43 Å². The van der Waals surface area contributed by atoms with Crippen LogP contribution >= 0.6 is 0 Å². The summed E-state index contributed by atoms with van der Waals surface area (Å²) in [6.45, 7) is 7.85. The fourth-order valence-corrected chi connectivity index (χ4v) is 2.17. The standard InChI is InChI=1S/C14H21NO3Si/c1-12(15(16)17)14(10-11-18-19(2,3)4)13-8-6-5-7-9-13/h5-12,14H,1-4H3/b11-10+/t12-,14+/m0/s1. The van der Waals surface area contributed by atoms with Crippen molar-refractivity contribution < 1.29 is 9.35 Å². The van der Waals surface area contributed by atoms with Crippen LogP contribution in [0.25, 0.3) is 0 Å². The molecule has 0 spiro atoms. The molecular weight excluding hydrogens is 258 g/mol. The number of hydrogen-bond donors (Lipinski definition) is 0. The van der Waals surface area contributed by atoms with E-state index in [1.54, 1.807) is 19.3 Å². The molecule has 0 aromatic heterocycles. The quantitative estimate of drug-likeness (QED) is 0.344. The second kappa shape index (κ2) is 6.52. The Labute approximate surface area is 115 Å². The molecule has 0 unspecified atom stereocenters. The van der Waals surface area contributed by atoms with Gasteiger partial charge in [0, 0.05) is 11.8 Å². The lowest BCUT2D eigenvalue weighted by atomic mass is 9.93. The van der Waals surface area contributed by atoms with Crippen LogP contribution in [0, 0.1) is 10.1 Å². The van der Waals surface area contributed by atoms with Crippen molar-refractivity contribution in [1.82, 2.24) is 0 Å². The van der Waals surface area contributed by atoms with Gasteiger partial charge in [0.05, 0.1) is 12.2 Å². The first-order valence-electron chi connectivity index (χ1n) is 6.34. The van der Waals surface area contributed by atoms with Crippen LogP contribution in [0.15, 0.2) is 42.7 Å². The number of hydrogen-bond acceptors (Lipinski definition) is 3. The van der Waals surface area contributed by atoms with Gasteiger partial charge in [-0.25, -0.2) is 0 Å². The molecule has 0 heterocycles. The minimum atomic E-state index is -1.64. The third-order valence-electron chi connectivity index (χ3n) is 2.74. The summed E-state index contributed by atoms with van der Waals surface area (Å²) in [6, 6.07) is 8.82. The van der Waals surface area contributed by atoms with E-state index in [2.05, 4.69) is 19.6 Å². The van der Waals surface area contributed by atoms with Gasteiger partial charge in [0.25, 0.3) is 0 Å². The van der Waals surface area contributed by atoms with Crippen LogP contribution in [-0.2, 0) is 4.43 Å². The third kappa shape index (κ3) is 5.26. The van der Waals surface area contributed by atoms with Gasteiger partial charge in [0.1, 0.15) is 0 Å². The van der Waals surface area contributed by atoms with Gasteiger partial charge in [0.2, 0.25) is 14.4 Å². The van der Waals surface area contributed by atoms with Crippen LogP contribution in [0.2, 0.25) is 19.6 Å². The van der Waals surface area contributed by atoms with Crippen molar-refractivity contribution in [3.05, 3.63) is 58.3 Å². The molecule has 4 nitrogen and oxygen atoms in total. The summed E-state index contributed by atoms with van der Waals surface area (Å²) in [6.07, 6.45) is 3.42. The topological polar surface area (TPSA) is 52.4 Å². The minimum absolute atomic E-state index is 0.253. The number of benzene rings is 1. The van der Waals surface area contributed by atoms with Crippen molar-refractivity contribution >= 4 is 8.32 Å². The first-order chi connectivity index (χ1) is 8.81. The highest BCUT2D eigenvalue weighted by Gasteiger charge is 2.26. The van der Waals surface area contributed by atoms with Crippen LogP contribution < -0.4 is 0 Å². The van der Waals surface area contributed by atoms with Crippen LogP contribution in [-0.4, -0.2) is 19.3 Å². The van der Waals surface area contributed by atoms with Crippen LogP contribution in [0.3, 0.4) is 0 Å². The molecule has 0 aliphatic heterocycles. The van der Waals surface area contributed by atoms with E-state index in [1.165, 1.54) is 0 Å². The van der Waals surface area contributed by atoms with Gasteiger partial charge in [-0.05, 0) is 31.3 Å². The molecule has 2 atom stereocenters. The molecule has 19 heavy (non-hydrogen) atoms. The van der Waals surface area contributed by atoms with E-state index in [1.807, 2.05) is 30.3 Å². The molecule has 0 N–H and O–H groups in total. The molecule has 1 aromatic carbocycles. The molecule has 0 saturated heterocycles. The summed E-state index contributed by atoms with van der Waals surface area (Å²) in [5.41, 5.74) is 0.933. The Hall–Kier alpha value is -1.62. The monoisotopic (exact) mass is 279 g/mol. The second-order valence-corrected chi connectivity index (χ2v) is 9.98. The Bertz CT molecular complexity index is 440. The van der Waals surface area contributed by atoms with Gasteiger partial charge in [-0.3, -0.25) is 10.1 Å². The van der Waals surface area contributed by atoms with Gasteiger partial charge in [-0.15, -0.1) is 0 Å². The summed E-state index contributed by atoms with van der Waals surface area (Å²) < 4.78 is 5.65. The van der Waals surface area contributed by atoms with Crippen molar-refractivity contribution in [2.24, 2.45) is 0 Å². The molecule has 0 bridgehead atoms. The Morgan fingerprint density at radius 1 is 1.26 bits per heavy atom. The molecule has 5 heteroatoms. The van der Waals surface area contributed by atoms with Crippen molar-refractivity contribution in [2.75, 3.05) is 0 Å². The SMILES string of the molecule is C[C@@H]([C@@H](/C=C/O[Si](C)(C)C)c1ccccc1)[N+](=O)[O-]. The van der Waals surface area contributed by atoms with Gasteiger partial charge in [-0.1, -0.05) is 30.3 Å². The van der Waals surface area contributed by atoms with E-state index >= 15 is 0 Å². The summed E-state index contributed by atoms with van der Waals surface area (Å²) in [7, 11) is -1.64. The summed E-state index contributed by atoms with van der Waals surface area (Å²) in [5, 5.41) is 11.0. The highest BCUT2D eigenvalue weighted by atomic mass is 28.4. The fourth-order valence-electron chi connectivity index (χ4n) is 1.68. The van der Waals surface area contributed by atoms with Crippen molar-refractivity contribution in [3.8, 4) is 0 Å². The zero-order chi connectivity index (χ0) is 14.5. The van der Waals surface area contributed by atoms with Crippen molar-refractivity contribution in [2.45, 2.75) is 38.5 Å². The molecular formula is C14H21NO3Si. The maximum atomic E-state index is 11.0. The lowest BCUT2D eigenvalue weighted by molar-refractivity contribution is -0.520. The second-order valence-electron chi connectivity index (χ2n) is 5.52.